The van der Waals surface area contributed by atoms with Gasteiger partial charge in [-0.25, -0.2) is 13.2 Å². The summed E-state index contributed by atoms with van der Waals surface area (Å²) in [4.78, 5) is 0.218. The summed E-state index contributed by atoms with van der Waals surface area (Å²) in [5, 5.41) is 33.3. The van der Waals surface area contributed by atoms with E-state index in [0.29, 0.717) is 12.1 Å². The maximum absolute atomic E-state index is 13.5. The fraction of sp³-hybridized carbons (Fsp3) is 0.333. The topological polar surface area (TPSA) is 117 Å². The van der Waals surface area contributed by atoms with Gasteiger partial charge in [-0.15, -0.1) is 13.2 Å². The second-order valence-corrected chi connectivity index (χ2v) is 8.56. The number of ether oxygens (including phenoxy) is 2. The monoisotopic (exact) mass is 526 g/mol. The molecule has 1 aliphatic rings. The lowest BCUT2D eigenvalue weighted by Crippen LogP contribution is -2.62. The fourth-order valence-electron chi connectivity index (χ4n) is 3.25. The first kappa shape index (κ1) is 26.9. The van der Waals surface area contributed by atoms with Crippen LogP contribution in [0.15, 0.2) is 47.5 Å². The van der Waals surface area contributed by atoms with Crippen LogP contribution in [0.4, 0.5) is 26.3 Å². The van der Waals surface area contributed by atoms with Crippen molar-refractivity contribution in [2.45, 2.75) is 41.0 Å². The highest BCUT2D eigenvalue weighted by Gasteiger charge is 2.44. The van der Waals surface area contributed by atoms with Crippen molar-refractivity contribution in [1.29, 1.82) is 0 Å². The lowest BCUT2D eigenvalue weighted by Gasteiger charge is -2.42. The Morgan fingerprint density at radius 2 is 1.77 bits per heavy atom. The molecule has 7 nitrogen and oxygen atoms in total. The molecule has 35 heavy (non-hydrogen) atoms. The van der Waals surface area contributed by atoms with E-state index in [2.05, 4.69) is 10.1 Å². The molecule has 1 saturated heterocycles. The predicted octanol–water partition coefficient (Wildman–Crippen LogP) is 2.45. The number of hydrogen-bond donors (Lipinski definition) is 5. The minimum Gasteiger partial charge on any atom is -0.406 e. The van der Waals surface area contributed by atoms with Crippen LogP contribution in [0.2, 0.25) is 0 Å². The summed E-state index contributed by atoms with van der Waals surface area (Å²) >= 11 is 0.799. The van der Waals surface area contributed by atoms with E-state index in [0.717, 1.165) is 30.1 Å². The van der Waals surface area contributed by atoms with Crippen LogP contribution in [0.5, 0.6) is 5.75 Å². The molecular weight excluding hydrogens is 506 g/mol. The van der Waals surface area contributed by atoms with Crippen molar-refractivity contribution in [3.63, 3.8) is 0 Å². The number of benzene rings is 2. The number of nitrogens with two attached hydrogens (primary N) is 1. The zero-order valence-corrected chi connectivity index (χ0v) is 18.4. The van der Waals surface area contributed by atoms with Crippen LogP contribution in [0.3, 0.4) is 0 Å². The molecule has 0 bridgehead atoms. The number of hydrogen-bond acceptors (Lipinski definition) is 8. The van der Waals surface area contributed by atoms with Crippen molar-refractivity contribution < 1.29 is 51.1 Å². The van der Waals surface area contributed by atoms with Crippen molar-refractivity contribution in [3.05, 3.63) is 65.6 Å². The number of halogens is 6. The normalized spacial score (nSPS) is 25.4. The van der Waals surface area contributed by atoms with E-state index in [1.807, 2.05) is 0 Å². The van der Waals surface area contributed by atoms with Crippen molar-refractivity contribution in [2.24, 2.45) is 5.73 Å². The number of aliphatic hydroxyl groups is 3. The van der Waals surface area contributed by atoms with Crippen molar-refractivity contribution >= 4 is 17.5 Å². The summed E-state index contributed by atoms with van der Waals surface area (Å²) in [6, 6.07) is 4.92. The van der Waals surface area contributed by atoms with Crippen molar-refractivity contribution in [2.75, 3.05) is 6.61 Å². The highest BCUT2D eigenvalue weighted by atomic mass is 32.2. The third-order valence-electron chi connectivity index (χ3n) is 4.92. The Labute approximate surface area is 199 Å². The van der Waals surface area contributed by atoms with Crippen LogP contribution >= 0.6 is 11.8 Å². The van der Waals surface area contributed by atoms with Gasteiger partial charge < -0.3 is 35.8 Å². The predicted molar refractivity (Wildman–Crippen MR) is 112 cm³/mol. The minimum atomic E-state index is -4.91. The van der Waals surface area contributed by atoms with Gasteiger partial charge in [-0.05, 0) is 30.3 Å². The average Bonchev–Trinajstić information content (AvgIpc) is 2.77. The Morgan fingerprint density at radius 1 is 1.11 bits per heavy atom. The zero-order chi connectivity index (χ0) is 25.9. The van der Waals surface area contributed by atoms with E-state index < -0.39 is 66.0 Å². The van der Waals surface area contributed by atoms with Gasteiger partial charge >= 0.3 is 6.36 Å². The Bertz CT molecular complexity index is 1050. The average molecular weight is 526 g/mol. The summed E-state index contributed by atoms with van der Waals surface area (Å²) in [6.45, 7) is -0.673. The van der Waals surface area contributed by atoms with E-state index in [-0.39, 0.29) is 16.2 Å². The molecule has 14 heteroatoms. The maximum Gasteiger partial charge on any atom is 0.573 e. The lowest BCUT2D eigenvalue weighted by molar-refractivity contribution is -0.274. The third-order valence-corrected chi connectivity index (χ3v) is 6.07. The van der Waals surface area contributed by atoms with Crippen LogP contribution in [0.25, 0.3) is 5.70 Å². The molecule has 2 aromatic rings. The summed E-state index contributed by atoms with van der Waals surface area (Å²) in [5.41, 5.74) is 4.10. The molecule has 5 unspecified atom stereocenters. The molecule has 6 N–H and O–H groups in total. The van der Waals surface area contributed by atoms with E-state index in [4.69, 9.17) is 10.5 Å². The van der Waals surface area contributed by atoms with E-state index >= 15 is 0 Å². The van der Waals surface area contributed by atoms with Gasteiger partial charge in [-0.2, -0.15) is 0 Å². The molecule has 5 atom stereocenters. The SMILES string of the molecule is N/C(=C\NC1C(O)C(CO)OC(Sc2cccc(OC(F)(F)F)c2)C1O)c1cc(F)c(F)c(F)c1. The molecule has 0 spiro atoms. The minimum absolute atomic E-state index is 0.218. The van der Waals surface area contributed by atoms with E-state index in [9.17, 15) is 41.7 Å². The fourth-order valence-corrected chi connectivity index (χ4v) is 4.37. The molecule has 0 aromatic heterocycles. The first-order valence-corrected chi connectivity index (χ1v) is 10.8. The standard InChI is InChI=1S/C21H20F6N2O5S/c22-12-4-9(5-13(23)16(12)24)14(28)7-29-17-18(31)15(8-30)33-20(19(17)32)35-11-3-1-2-10(6-11)34-21(25,26)27/h1-7,15,17-20,29-32H,8,28H2/b14-7-. The van der Waals surface area contributed by atoms with Crippen molar-refractivity contribution in [3.8, 4) is 5.75 Å². The van der Waals surface area contributed by atoms with Gasteiger partial charge in [-0.3, -0.25) is 0 Å². The van der Waals surface area contributed by atoms with Gasteiger partial charge in [0.15, 0.2) is 17.5 Å². The molecule has 0 saturated carbocycles. The van der Waals surface area contributed by atoms with Gasteiger partial charge in [-0.1, -0.05) is 17.8 Å². The lowest BCUT2D eigenvalue weighted by atomic mass is 9.97. The zero-order valence-electron chi connectivity index (χ0n) is 17.5. The molecule has 3 rings (SSSR count). The van der Waals surface area contributed by atoms with Gasteiger partial charge in [0.05, 0.1) is 18.3 Å². The van der Waals surface area contributed by atoms with Crippen LogP contribution in [-0.4, -0.2) is 58.1 Å². The molecule has 0 radical (unpaired) electrons. The van der Waals surface area contributed by atoms with Crippen LogP contribution < -0.4 is 15.8 Å². The van der Waals surface area contributed by atoms with Gasteiger partial charge in [0.2, 0.25) is 0 Å². The Hall–Kier alpha value is -2.65. The Balaban J connectivity index is 1.78. The van der Waals surface area contributed by atoms with E-state index in [1.54, 1.807) is 0 Å². The summed E-state index contributed by atoms with van der Waals surface area (Å²) < 4.78 is 86.9. The maximum atomic E-state index is 13.5. The third kappa shape index (κ3) is 6.73. The van der Waals surface area contributed by atoms with Crippen LogP contribution in [-0.2, 0) is 4.74 Å². The first-order valence-electron chi connectivity index (χ1n) is 9.91. The number of thioether (sulfide) groups is 1. The number of aliphatic hydroxyl groups excluding tert-OH is 3. The quantitative estimate of drug-likeness (QED) is 0.276. The van der Waals surface area contributed by atoms with Gasteiger partial charge in [0.25, 0.3) is 0 Å². The van der Waals surface area contributed by atoms with Crippen LogP contribution in [0, 0.1) is 17.5 Å². The summed E-state index contributed by atoms with van der Waals surface area (Å²) in [6.07, 6.45) is -8.09. The molecule has 2 aromatic carbocycles. The first-order chi connectivity index (χ1) is 16.4. The molecule has 1 fully saturated rings. The number of alkyl halides is 3. The number of nitrogens with one attached hydrogen (secondary N) is 1. The molecule has 1 heterocycles. The Morgan fingerprint density at radius 3 is 2.37 bits per heavy atom. The molecule has 0 aliphatic carbocycles. The molecule has 192 valence electrons. The van der Waals surface area contributed by atoms with Gasteiger partial charge in [0.1, 0.15) is 29.5 Å². The second kappa shape index (κ2) is 11.0. The highest BCUT2D eigenvalue weighted by molar-refractivity contribution is 7.99. The summed E-state index contributed by atoms with van der Waals surface area (Å²) in [5.74, 6) is -5.14. The Kier molecular flexibility index (Phi) is 8.43. The van der Waals surface area contributed by atoms with E-state index in [1.165, 1.54) is 12.1 Å². The van der Waals surface area contributed by atoms with Crippen LogP contribution in [0.1, 0.15) is 5.56 Å². The largest absolute Gasteiger partial charge is 0.573 e. The second-order valence-electron chi connectivity index (χ2n) is 7.39. The highest BCUT2D eigenvalue weighted by Crippen LogP contribution is 2.35. The van der Waals surface area contributed by atoms with Crippen molar-refractivity contribution in [1.82, 2.24) is 5.32 Å². The number of rotatable bonds is 7. The van der Waals surface area contributed by atoms with Gasteiger partial charge in [0, 0.05) is 16.7 Å². The summed E-state index contributed by atoms with van der Waals surface area (Å²) in [7, 11) is 0. The smallest absolute Gasteiger partial charge is 0.406 e. The molecule has 0 amide bonds. The molecular formula is C21H20F6N2O5S. The molecule has 1 aliphatic heterocycles.